The van der Waals surface area contributed by atoms with Crippen LogP contribution < -0.4 is 11.5 Å². The molecule has 0 bridgehead atoms. The highest BCUT2D eigenvalue weighted by Crippen LogP contribution is 2.42. The number of nitrogens with two attached hydrogens (primary N) is 2. The molecule has 1 aliphatic rings. The summed E-state index contributed by atoms with van der Waals surface area (Å²) in [6.07, 6.45) is 3.06. The van der Waals surface area contributed by atoms with E-state index >= 15 is 0 Å². The van der Waals surface area contributed by atoms with Gasteiger partial charge in [-0.1, -0.05) is 0 Å². The van der Waals surface area contributed by atoms with Crippen molar-refractivity contribution in [2.75, 3.05) is 5.73 Å². The molecule has 1 aliphatic carbocycles. The van der Waals surface area contributed by atoms with Crippen molar-refractivity contribution in [2.45, 2.75) is 24.8 Å². The zero-order valence-electron chi connectivity index (χ0n) is 7.46. The first-order valence-electron chi connectivity index (χ1n) is 4.50. The van der Waals surface area contributed by atoms with Gasteiger partial charge in [-0.3, -0.25) is 0 Å². The van der Waals surface area contributed by atoms with Gasteiger partial charge in [0.25, 0.3) is 0 Å². The molecular formula is C10H14N2O. The molecule has 0 aliphatic heterocycles. The second-order valence-corrected chi connectivity index (χ2v) is 3.78. The Balaban J connectivity index is 2.43. The second-order valence-electron chi connectivity index (χ2n) is 3.78. The number of hydrogen-bond acceptors (Lipinski definition) is 3. The van der Waals surface area contributed by atoms with Crippen LogP contribution in [0.15, 0.2) is 18.2 Å². The maximum Gasteiger partial charge on any atom is 0.116 e. The molecule has 2 rings (SSSR count). The highest BCUT2D eigenvalue weighted by Gasteiger charge is 2.35. The molecule has 70 valence electrons. The monoisotopic (exact) mass is 178 g/mol. The third-order valence-electron chi connectivity index (χ3n) is 2.82. The molecule has 1 saturated carbocycles. The highest BCUT2D eigenvalue weighted by atomic mass is 16.3. The lowest BCUT2D eigenvalue weighted by Gasteiger charge is -2.39. The van der Waals surface area contributed by atoms with Crippen LogP contribution in [0.25, 0.3) is 0 Å². The third kappa shape index (κ3) is 1.25. The maximum absolute atomic E-state index is 9.31. The Morgan fingerprint density at radius 1 is 1.31 bits per heavy atom. The van der Waals surface area contributed by atoms with Crippen molar-refractivity contribution in [3.63, 3.8) is 0 Å². The molecular weight excluding hydrogens is 164 g/mol. The van der Waals surface area contributed by atoms with Gasteiger partial charge in [0, 0.05) is 11.2 Å². The Morgan fingerprint density at radius 3 is 2.54 bits per heavy atom. The van der Waals surface area contributed by atoms with Crippen molar-refractivity contribution in [3.05, 3.63) is 23.8 Å². The molecule has 0 atom stereocenters. The highest BCUT2D eigenvalue weighted by molar-refractivity contribution is 5.54. The summed E-state index contributed by atoms with van der Waals surface area (Å²) < 4.78 is 0. The van der Waals surface area contributed by atoms with Gasteiger partial charge in [-0.05, 0) is 43.0 Å². The number of rotatable bonds is 1. The van der Waals surface area contributed by atoms with Gasteiger partial charge in [-0.15, -0.1) is 0 Å². The predicted molar refractivity (Wildman–Crippen MR) is 52.2 cm³/mol. The van der Waals surface area contributed by atoms with E-state index in [1.165, 1.54) is 0 Å². The fourth-order valence-corrected chi connectivity index (χ4v) is 1.80. The second kappa shape index (κ2) is 2.64. The van der Waals surface area contributed by atoms with Crippen molar-refractivity contribution in [1.82, 2.24) is 0 Å². The number of nitrogen functional groups attached to an aromatic ring is 1. The Kier molecular flexibility index (Phi) is 1.70. The smallest absolute Gasteiger partial charge is 0.116 e. The van der Waals surface area contributed by atoms with Crippen LogP contribution in [0.4, 0.5) is 5.69 Å². The van der Waals surface area contributed by atoms with E-state index in [1.54, 1.807) is 18.2 Å². The van der Waals surface area contributed by atoms with Gasteiger partial charge in [0.1, 0.15) is 5.75 Å². The first-order valence-corrected chi connectivity index (χ1v) is 4.50. The Labute approximate surface area is 77.4 Å². The molecule has 1 fully saturated rings. The summed E-state index contributed by atoms with van der Waals surface area (Å²) in [5.41, 5.74) is 13.2. The van der Waals surface area contributed by atoms with E-state index < -0.39 is 0 Å². The van der Waals surface area contributed by atoms with Crippen LogP contribution in [0.3, 0.4) is 0 Å². The molecule has 0 radical (unpaired) electrons. The molecule has 0 unspecified atom stereocenters. The van der Waals surface area contributed by atoms with Crippen molar-refractivity contribution in [1.29, 1.82) is 0 Å². The van der Waals surface area contributed by atoms with Gasteiger partial charge in [0.05, 0.1) is 0 Å². The lowest BCUT2D eigenvalue weighted by atomic mass is 9.72. The molecule has 0 amide bonds. The summed E-state index contributed by atoms with van der Waals surface area (Å²) in [7, 11) is 0. The molecule has 0 saturated heterocycles. The van der Waals surface area contributed by atoms with E-state index in [9.17, 15) is 5.11 Å². The molecule has 0 heterocycles. The van der Waals surface area contributed by atoms with Crippen LogP contribution in [0.2, 0.25) is 0 Å². The van der Waals surface area contributed by atoms with E-state index in [1.807, 2.05) is 0 Å². The van der Waals surface area contributed by atoms with Crippen molar-refractivity contribution in [3.8, 4) is 5.75 Å². The molecule has 5 N–H and O–H groups in total. The third-order valence-corrected chi connectivity index (χ3v) is 2.82. The number of aromatic hydroxyl groups is 1. The zero-order valence-corrected chi connectivity index (χ0v) is 7.46. The maximum atomic E-state index is 9.31. The predicted octanol–water partition coefficient (Wildman–Crippen LogP) is 1.31. The first-order chi connectivity index (χ1) is 6.12. The summed E-state index contributed by atoms with van der Waals surface area (Å²) in [6.45, 7) is 0. The molecule has 0 spiro atoms. The summed E-state index contributed by atoms with van der Waals surface area (Å²) in [5, 5.41) is 9.31. The summed E-state index contributed by atoms with van der Waals surface area (Å²) in [5.74, 6) is 0.237. The van der Waals surface area contributed by atoms with Gasteiger partial charge in [0.15, 0.2) is 0 Å². The van der Waals surface area contributed by atoms with E-state index in [0.29, 0.717) is 5.69 Å². The lowest BCUT2D eigenvalue weighted by molar-refractivity contribution is 0.254. The van der Waals surface area contributed by atoms with E-state index in [2.05, 4.69) is 0 Å². The van der Waals surface area contributed by atoms with Crippen LogP contribution in [0.5, 0.6) is 5.75 Å². The average molecular weight is 178 g/mol. The summed E-state index contributed by atoms with van der Waals surface area (Å²) in [4.78, 5) is 0. The van der Waals surface area contributed by atoms with Gasteiger partial charge < -0.3 is 16.6 Å². The summed E-state index contributed by atoms with van der Waals surface area (Å²) >= 11 is 0. The normalized spacial score (nSPS) is 19.5. The fraction of sp³-hybridized carbons (Fsp3) is 0.400. The minimum atomic E-state index is -0.289. The van der Waals surface area contributed by atoms with E-state index in [0.717, 1.165) is 24.8 Å². The van der Waals surface area contributed by atoms with E-state index in [4.69, 9.17) is 11.5 Å². The first kappa shape index (κ1) is 8.38. The zero-order chi connectivity index (χ0) is 9.47. The molecule has 0 aromatic heterocycles. The largest absolute Gasteiger partial charge is 0.508 e. The number of phenolic OH excluding ortho intramolecular Hbond substituents is 1. The van der Waals surface area contributed by atoms with Crippen molar-refractivity contribution >= 4 is 5.69 Å². The van der Waals surface area contributed by atoms with Gasteiger partial charge in [0.2, 0.25) is 0 Å². The average Bonchev–Trinajstić information content (AvgIpc) is 2.05. The minimum Gasteiger partial charge on any atom is -0.508 e. The standard InChI is InChI=1S/C10H14N2O/c11-9-3-2-7(13)6-8(9)10(12)4-1-5-10/h2-3,6,13H,1,4-5,11-12H2. The summed E-state index contributed by atoms with van der Waals surface area (Å²) in [6, 6.07) is 4.97. The Morgan fingerprint density at radius 2 is 2.00 bits per heavy atom. The minimum absolute atomic E-state index is 0.237. The number of hydrogen-bond donors (Lipinski definition) is 3. The van der Waals surface area contributed by atoms with Gasteiger partial charge in [-0.25, -0.2) is 0 Å². The molecule has 3 nitrogen and oxygen atoms in total. The Hall–Kier alpha value is -1.22. The lowest BCUT2D eigenvalue weighted by Crippen LogP contribution is -2.43. The quantitative estimate of drug-likeness (QED) is 0.448. The van der Waals surface area contributed by atoms with Crippen LogP contribution in [0, 0.1) is 0 Å². The SMILES string of the molecule is Nc1ccc(O)cc1C1(N)CCC1. The number of benzene rings is 1. The molecule has 1 aromatic rings. The van der Waals surface area contributed by atoms with E-state index in [-0.39, 0.29) is 11.3 Å². The molecule has 3 heteroatoms. The van der Waals surface area contributed by atoms with Gasteiger partial charge in [-0.2, -0.15) is 0 Å². The van der Waals surface area contributed by atoms with Crippen LogP contribution in [-0.4, -0.2) is 5.11 Å². The van der Waals surface area contributed by atoms with Crippen LogP contribution in [-0.2, 0) is 5.54 Å². The van der Waals surface area contributed by atoms with Crippen LogP contribution >= 0.6 is 0 Å². The number of phenols is 1. The van der Waals surface area contributed by atoms with Crippen molar-refractivity contribution < 1.29 is 5.11 Å². The number of anilines is 1. The fourth-order valence-electron chi connectivity index (χ4n) is 1.80. The van der Waals surface area contributed by atoms with Gasteiger partial charge >= 0.3 is 0 Å². The topological polar surface area (TPSA) is 72.3 Å². The van der Waals surface area contributed by atoms with Crippen LogP contribution in [0.1, 0.15) is 24.8 Å². The van der Waals surface area contributed by atoms with Crippen molar-refractivity contribution in [2.24, 2.45) is 5.73 Å². The molecule has 13 heavy (non-hydrogen) atoms. The Bertz CT molecular complexity index is 332. The molecule has 1 aromatic carbocycles.